The molecular formula is C8H14ClN. The van der Waals surface area contributed by atoms with Crippen LogP contribution in [-0.4, -0.2) is 12.3 Å². The number of halogens is 1. The molecular weight excluding hydrogens is 146 g/mol. The highest BCUT2D eigenvalue weighted by Gasteiger charge is 1.90. The minimum absolute atomic E-state index is 0.552. The zero-order valence-electron chi connectivity index (χ0n) is 6.65. The number of aliphatic imine (C=N–C) groups is 1. The van der Waals surface area contributed by atoms with Gasteiger partial charge in [0.25, 0.3) is 0 Å². The van der Waals surface area contributed by atoms with E-state index in [9.17, 15) is 0 Å². The Balaban J connectivity index is 3.58. The summed E-state index contributed by atoms with van der Waals surface area (Å²) in [6.45, 7) is 8.46. The van der Waals surface area contributed by atoms with Crippen molar-refractivity contribution in [2.45, 2.75) is 26.7 Å². The van der Waals surface area contributed by atoms with Crippen molar-refractivity contribution in [2.24, 2.45) is 4.99 Å². The van der Waals surface area contributed by atoms with Crippen LogP contribution in [0.1, 0.15) is 26.7 Å². The van der Waals surface area contributed by atoms with Crippen LogP contribution in [0.15, 0.2) is 16.6 Å². The van der Waals surface area contributed by atoms with Gasteiger partial charge in [0.2, 0.25) is 0 Å². The highest BCUT2D eigenvalue weighted by molar-refractivity contribution is 6.42. The largest absolute Gasteiger partial charge is 0.289 e. The Morgan fingerprint density at radius 2 is 2.20 bits per heavy atom. The number of unbranched alkanes of at least 4 members (excludes halogenated alkanes) is 1. The van der Waals surface area contributed by atoms with Gasteiger partial charge < -0.3 is 0 Å². The Morgan fingerprint density at radius 3 is 2.60 bits per heavy atom. The van der Waals surface area contributed by atoms with Crippen LogP contribution in [0.4, 0.5) is 0 Å². The predicted molar refractivity (Wildman–Crippen MR) is 47.9 cm³/mol. The molecule has 0 aliphatic carbocycles. The van der Waals surface area contributed by atoms with Crippen LogP contribution in [0.5, 0.6) is 0 Å². The van der Waals surface area contributed by atoms with Gasteiger partial charge in [0.05, 0.1) is 5.03 Å². The van der Waals surface area contributed by atoms with Gasteiger partial charge in [-0.1, -0.05) is 31.5 Å². The van der Waals surface area contributed by atoms with Gasteiger partial charge in [0, 0.05) is 12.3 Å². The van der Waals surface area contributed by atoms with E-state index in [0.717, 1.165) is 18.7 Å². The molecule has 0 amide bonds. The number of hydrogen-bond acceptors (Lipinski definition) is 1. The topological polar surface area (TPSA) is 12.4 Å². The maximum atomic E-state index is 5.58. The first-order valence-corrected chi connectivity index (χ1v) is 3.92. The summed E-state index contributed by atoms with van der Waals surface area (Å²) in [5, 5.41) is 0.552. The molecule has 0 aromatic rings. The third-order valence-electron chi connectivity index (χ3n) is 1.25. The standard InChI is InChI=1S/C8H14ClN/c1-4-5-6-10-8(3)7(2)9/h2,4-6H2,1,3H3. The van der Waals surface area contributed by atoms with Crippen LogP contribution < -0.4 is 0 Å². The predicted octanol–water partition coefficient (Wildman–Crippen LogP) is 3.00. The molecule has 0 unspecified atom stereocenters. The van der Waals surface area contributed by atoms with Crippen molar-refractivity contribution in [1.29, 1.82) is 0 Å². The minimum atomic E-state index is 0.552. The SMILES string of the molecule is C=C(Cl)C(C)=NCCCC. The van der Waals surface area contributed by atoms with E-state index in [2.05, 4.69) is 18.5 Å². The quantitative estimate of drug-likeness (QED) is 0.442. The Kier molecular flexibility index (Phi) is 5.32. The van der Waals surface area contributed by atoms with Crippen LogP contribution in [-0.2, 0) is 0 Å². The van der Waals surface area contributed by atoms with Gasteiger partial charge in [-0.05, 0) is 13.3 Å². The first-order valence-electron chi connectivity index (χ1n) is 3.54. The summed E-state index contributed by atoms with van der Waals surface area (Å²) in [4.78, 5) is 4.20. The van der Waals surface area contributed by atoms with Gasteiger partial charge in [-0.25, -0.2) is 0 Å². The van der Waals surface area contributed by atoms with Crippen molar-refractivity contribution < 1.29 is 0 Å². The maximum absolute atomic E-state index is 5.58. The lowest BCUT2D eigenvalue weighted by atomic mass is 10.3. The van der Waals surface area contributed by atoms with E-state index < -0.39 is 0 Å². The summed E-state index contributed by atoms with van der Waals surface area (Å²) in [7, 11) is 0. The fraction of sp³-hybridized carbons (Fsp3) is 0.625. The molecule has 0 aromatic heterocycles. The molecule has 0 aromatic carbocycles. The summed E-state index contributed by atoms with van der Waals surface area (Å²) in [6.07, 6.45) is 2.30. The molecule has 0 radical (unpaired) electrons. The molecule has 0 aliphatic rings. The van der Waals surface area contributed by atoms with Crippen molar-refractivity contribution in [3.05, 3.63) is 11.6 Å². The lowest BCUT2D eigenvalue weighted by Gasteiger charge is -1.95. The fourth-order valence-electron chi connectivity index (χ4n) is 0.491. The van der Waals surface area contributed by atoms with Crippen LogP contribution >= 0.6 is 11.6 Å². The molecule has 0 saturated heterocycles. The third kappa shape index (κ3) is 4.57. The van der Waals surface area contributed by atoms with Crippen molar-refractivity contribution in [3.8, 4) is 0 Å². The lowest BCUT2D eigenvalue weighted by molar-refractivity contribution is 0.808. The number of rotatable bonds is 4. The molecule has 1 nitrogen and oxygen atoms in total. The summed E-state index contributed by atoms with van der Waals surface area (Å²) in [6, 6.07) is 0. The molecule has 0 bridgehead atoms. The Labute approximate surface area is 67.8 Å². The van der Waals surface area contributed by atoms with Crippen molar-refractivity contribution in [2.75, 3.05) is 6.54 Å². The number of hydrogen-bond donors (Lipinski definition) is 0. The lowest BCUT2D eigenvalue weighted by Crippen LogP contribution is -1.91. The molecule has 0 rings (SSSR count). The highest BCUT2D eigenvalue weighted by atomic mass is 35.5. The molecule has 0 saturated carbocycles. The van der Waals surface area contributed by atoms with Crippen molar-refractivity contribution >= 4 is 17.3 Å². The average Bonchev–Trinajstić information content (AvgIpc) is 1.88. The average molecular weight is 160 g/mol. The minimum Gasteiger partial charge on any atom is -0.289 e. The monoisotopic (exact) mass is 159 g/mol. The summed E-state index contributed by atoms with van der Waals surface area (Å²) >= 11 is 5.58. The highest BCUT2D eigenvalue weighted by Crippen LogP contribution is 2.00. The molecule has 2 heteroatoms. The van der Waals surface area contributed by atoms with E-state index in [1.807, 2.05) is 6.92 Å². The normalized spacial score (nSPS) is 11.7. The second-order valence-electron chi connectivity index (χ2n) is 2.23. The van der Waals surface area contributed by atoms with Crippen LogP contribution in [0.3, 0.4) is 0 Å². The molecule has 58 valence electrons. The fourth-order valence-corrected chi connectivity index (χ4v) is 0.550. The molecule has 10 heavy (non-hydrogen) atoms. The van der Waals surface area contributed by atoms with Gasteiger partial charge in [-0.2, -0.15) is 0 Å². The van der Waals surface area contributed by atoms with Gasteiger partial charge in [-0.3, -0.25) is 4.99 Å². The van der Waals surface area contributed by atoms with Crippen LogP contribution in [0, 0.1) is 0 Å². The molecule has 0 heterocycles. The molecule has 0 atom stereocenters. The van der Waals surface area contributed by atoms with Gasteiger partial charge in [0.15, 0.2) is 0 Å². The third-order valence-corrected chi connectivity index (χ3v) is 1.53. The van der Waals surface area contributed by atoms with Crippen molar-refractivity contribution in [1.82, 2.24) is 0 Å². The first kappa shape index (κ1) is 9.70. The van der Waals surface area contributed by atoms with Gasteiger partial charge in [0.1, 0.15) is 0 Å². The second-order valence-corrected chi connectivity index (χ2v) is 2.68. The molecule has 0 spiro atoms. The summed E-state index contributed by atoms with van der Waals surface area (Å²) in [5.41, 5.74) is 0.857. The van der Waals surface area contributed by atoms with Crippen LogP contribution in [0.2, 0.25) is 0 Å². The van der Waals surface area contributed by atoms with E-state index >= 15 is 0 Å². The Morgan fingerprint density at radius 1 is 1.60 bits per heavy atom. The second kappa shape index (κ2) is 5.48. The van der Waals surface area contributed by atoms with E-state index in [4.69, 9.17) is 11.6 Å². The van der Waals surface area contributed by atoms with E-state index in [-0.39, 0.29) is 0 Å². The zero-order chi connectivity index (χ0) is 7.98. The number of nitrogens with zero attached hydrogens (tertiary/aromatic N) is 1. The molecule has 0 aliphatic heterocycles. The molecule has 0 N–H and O–H groups in total. The summed E-state index contributed by atoms with van der Waals surface area (Å²) in [5.74, 6) is 0. The zero-order valence-corrected chi connectivity index (χ0v) is 7.41. The van der Waals surface area contributed by atoms with Gasteiger partial charge in [-0.15, -0.1) is 0 Å². The first-order chi connectivity index (χ1) is 4.68. The summed E-state index contributed by atoms with van der Waals surface area (Å²) < 4.78 is 0. The van der Waals surface area contributed by atoms with E-state index in [1.165, 1.54) is 6.42 Å². The van der Waals surface area contributed by atoms with Crippen LogP contribution in [0.25, 0.3) is 0 Å². The Bertz CT molecular complexity index is 138. The van der Waals surface area contributed by atoms with E-state index in [0.29, 0.717) is 5.03 Å². The van der Waals surface area contributed by atoms with Crippen molar-refractivity contribution in [3.63, 3.8) is 0 Å². The number of allylic oxidation sites excluding steroid dienone is 1. The smallest absolute Gasteiger partial charge is 0.0541 e. The molecule has 0 fully saturated rings. The maximum Gasteiger partial charge on any atom is 0.0541 e. The van der Waals surface area contributed by atoms with Gasteiger partial charge >= 0.3 is 0 Å². The Hall–Kier alpha value is -0.300. The van der Waals surface area contributed by atoms with E-state index in [1.54, 1.807) is 0 Å².